The average Bonchev–Trinajstić information content (AvgIpc) is 2.59. The van der Waals surface area contributed by atoms with Crippen molar-refractivity contribution in [2.24, 2.45) is 11.7 Å². The van der Waals surface area contributed by atoms with Crippen LogP contribution in [0.1, 0.15) is 29.4 Å². The fourth-order valence-electron chi connectivity index (χ4n) is 1.25. The van der Waals surface area contributed by atoms with Gasteiger partial charge in [0.1, 0.15) is 0 Å². The van der Waals surface area contributed by atoms with Crippen LogP contribution in [0.25, 0.3) is 0 Å². The predicted octanol–water partition coefficient (Wildman–Crippen LogP) is 3.07. The van der Waals surface area contributed by atoms with E-state index in [-0.39, 0.29) is 11.7 Å². The number of rotatable bonds is 5. The minimum Gasteiger partial charge on any atom is -0.330 e. The number of nitrogens with two attached hydrogens (primary N) is 1. The molecular weight excluding hydrogens is 262 g/mol. The van der Waals surface area contributed by atoms with Gasteiger partial charge < -0.3 is 5.73 Å². The number of thiophene rings is 1. The van der Waals surface area contributed by atoms with E-state index < -0.39 is 0 Å². The van der Waals surface area contributed by atoms with Gasteiger partial charge in [-0.05, 0) is 46.8 Å². The summed E-state index contributed by atoms with van der Waals surface area (Å²) >= 11 is 4.86. The number of halogens is 1. The van der Waals surface area contributed by atoms with Crippen LogP contribution in [0.2, 0.25) is 0 Å². The first-order chi connectivity index (χ1) is 6.66. The lowest BCUT2D eigenvalue weighted by molar-refractivity contribution is 0.0926. The Balaban J connectivity index is 2.61. The van der Waals surface area contributed by atoms with Gasteiger partial charge in [-0.1, -0.05) is 6.92 Å². The summed E-state index contributed by atoms with van der Waals surface area (Å²) in [5.41, 5.74) is 5.41. The van der Waals surface area contributed by atoms with Gasteiger partial charge in [-0.15, -0.1) is 11.3 Å². The smallest absolute Gasteiger partial charge is 0.176 e. The predicted molar refractivity (Wildman–Crippen MR) is 63.8 cm³/mol. The zero-order valence-corrected chi connectivity index (χ0v) is 10.5. The number of carbonyl (C=O) groups excluding carboxylic acids is 1. The van der Waals surface area contributed by atoms with Crippen molar-refractivity contribution in [1.82, 2.24) is 0 Å². The molecule has 78 valence electrons. The normalized spacial score (nSPS) is 12.8. The first kappa shape index (κ1) is 11.9. The standard InChI is InChI=1S/C10H14BrNOS/c1-7(3-2-5-12)9(13)10-8(11)4-6-14-10/h4,6-7H,2-3,5,12H2,1H3. The van der Waals surface area contributed by atoms with Gasteiger partial charge in [0, 0.05) is 10.4 Å². The minimum atomic E-state index is 0.0773. The van der Waals surface area contributed by atoms with E-state index in [1.165, 1.54) is 11.3 Å². The molecule has 0 spiro atoms. The molecule has 1 heterocycles. The first-order valence-corrected chi connectivity index (χ1v) is 6.31. The van der Waals surface area contributed by atoms with E-state index in [0.717, 1.165) is 22.2 Å². The van der Waals surface area contributed by atoms with Gasteiger partial charge in [0.25, 0.3) is 0 Å². The Morgan fingerprint density at radius 3 is 2.93 bits per heavy atom. The van der Waals surface area contributed by atoms with Crippen LogP contribution in [0, 0.1) is 5.92 Å². The monoisotopic (exact) mass is 275 g/mol. The molecule has 2 nitrogen and oxygen atoms in total. The molecule has 0 aliphatic carbocycles. The van der Waals surface area contributed by atoms with Crippen molar-refractivity contribution in [2.75, 3.05) is 6.54 Å². The highest BCUT2D eigenvalue weighted by Crippen LogP contribution is 2.26. The fourth-order valence-corrected chi connectivity index (χ4v) is 2.87. The number of hydrogen-bond donors (Lipinski definition) is 1. The summed E-state index contributed by atoms with van der Waals surface area (Å²) in [7, 11) is 0. The van der Waals surface area contributed by atoms with E-state index in [2.05, 4.69) is 15.9 Å². The molecular formula is C10H14BrNOS. The summed E-state index contributed by atoms with van der Waals surface area (Å²) in [6.45, 7) is 2.62. The summed E-state index contributed by atoms with van der Waals surface area (Å²) in [5.74, 6) is 0.300. The molecule has 0 fully saturated rings. The lowest BCUT2D eigenvalue weighted by Gasteiger charge is -2.08. The van der Waals surface area contributed by atoms with Crippen LogP contribution in [-0.4, -0.2) is 12.3 Å². The Labute approximate surface area is 96.6 Å². The minimum absolute atomic E-state index is 0.0773. The van der Waals surface area contributed by atoms with E-state index in [1.54, 1.807) is 0 Å². The molecule has 1 rings (SSSR count). The molecule has 0 aromatic carbocycles. The number of ketones is 1. The van der Waals surface area contributed by atoms with Gasteiger partial charge in [0.2, 0.25) is 0 Å². The Bertz CT molecular complexity index is 311. The lowest BCUT2D eigenvalue weighted by atomic mass is 9.99. The van der Waals surface area contributed by atoms with E-state index in [4.69, 9.17) is 5.73 Å². The average molecular weight is 276 g/mol. The third-order valence-corrected chi connectivity index (χ3v) is 3.98. The van der Waals surface area contributed by atoms with Gasteiger partial charge >= 0.3 is 0 Å². The maximum Gasteiger partial charge on any atom is 0.176 e. The Hall–Kier alpha value is -0.190. The van der Waals surface area contributed by atoms with Gasteiger partial charge in [0.05, 0.1) is 4.88 Å². The molecule has 4 heteroatoms. The molecule has 0 amide bonds. The maximum absolute atomic E-state index is 11.9. The highest BCUT2D eigenvalue weighted by atomic mass is 79.9. The fraction of sp³-hybridized carbons (Fsp3) is 0.500. The van der Waals surface area contributed by atoms with E-state index in [9.17, 15) is 4.79 Å². The van der Waals surface area contributed by atoms with Crippen molar-refractivity contribution in [3.63, 3.8) is 0 Å². The SMILES string of the molecule is CC(CCCN)C(=O)c1sccc1Br. The quantitative estimate of drug-likeness (QED) is 0.840. The summed E-state index contributed by atoms with van der Waals surface area (Å²) in [4.78, 5) is 12.7. The molecule has 14 heavy (non-hydrogen) atoms. The second-order valence-corrected chi connectivity index (χ2v) is 5.06. The maximum atomic E-state index is 11.9. The Morgan fingerprint density at radius 1 is 1.71 bits per heavy atom. The van der Waals surface area contributed by atoms with Gasteiger partial charge in [0.15, 0.2) is 5.78 Å². The molecule has 0 bridgehead atoms. The second-order valence-electron chi connectivity index (χ2n) is 3.29. The molecule has 2 N–H and O–H groups in total. The van der Waals surface area contributed by atoms with E-state index in [0.29, 0.717) is 6.54 Å². The van der Waals surface area contributed by atoms with Crippen molar-refractivity contribution in [3.8, 4) is 0 Å². The largest absolute Gasteiger partial charge is 0.330 e. The van der Waals surface area contributed by atoms with E-state index in [1.807, 2.05) is 18.4 Å². The zero-order valence-electron chi connectivity index (χ0n) is 8.13. The highest BCUT2D eigenvalue weighted by Gasteiger charge is 2.18. The van der Waals surface area contributed by atoms with Crippen molar-refractivity contribution in [1.29, 1.82) is 0 Å². The van der Waals surface area contributed by atoms with Gasteiger partial charge in [-0.25, -0.2) is 0 Å². The highest BCUT2D eigenvalue weighted by molar-refractivity contribution is 9.10. The van der Waals surface area contributed by atoms with Crippen LogP contribution in [0.3, 0.4) is 0 Å². The molecule has 1 unspecified atom stereocenters. The molecule has 1 atom stereocenters. The van der Waals surface area contributed by atoms with Crippen molar-refractivity contribution in [2.45, 2.75) is 19.8 Å². The number of carbonyl (C=O) groups is 1. The summed E-state index contributed by atoms with van der Waals surface area (Å²) in [6.07, 6.45) is 1.79. The topological polar surface area (TPSA) is 43.1 Å². The van der Waals surface area contributed by atoms with Crippen molar-refractivity contribution >= 4 is 33.0 Å². The summed E-state index contributed by atoms with van der Waals surface area (Å²) in [5, 5.41) is 1.92. The van der Waals surface area contributed by atoms with Crippen LogP contribution in [0.4, 0.5) is 0 Å². The lowest BCUT2D eigenvalue weighted by Crippen LogP contribution is -2.12. The summed E-state index contributed by atoms with van der Waals surface area (Å²) in [6, 6.07) is 1.91. The second kappa shape index (κ2) is 5.63. The van der Waals surface area contributed by atoms with E-state index >= 15 is 0 Å². The van der Waals surface area contributed by atoms with Crippen molar-refractivity contribution < 1.29 is 4.79 Å². The molecule has 0 saturated carbocycles. The molecule has 1 aromatic heterocycles. The van der Waals surface area contributed by atoms with Crippen LogP contribution in [0.15, 0.2) is 15.9 Å². The summed E-state index contributed by atoms with van der Waals surface area (Å²) < 4.78 is 0.909. The van der Waals surface area contributed by atoms with Crippen LogP contribution in [-0.2, 0) is 0 Å². The Kier molecular flexibility index (Phi) is 4.78. The van der Waals surface area contributed by atoms with Crippen LogP contribution < -0.4 is 5.73 Å². The van der Waals surface area contributed by atoms with Gasteiger partial charge in [-0.2, -0.15) is 0 Å². The Morgan fingerprint density at radius 2 is 2.43 bits per heavy atom. The van der Waals surface area contributed by atoms with Crippen molar-refractivity contribution in [3.05, 3.63) is 20.8 Å². The zero-order chi connectivity index (χ0) is 10.6. The van der Waals surface area contributed by atoms with Crippen LogP contribution >= 0.6 is 27.3 Å². The number of Topliss-reactive ketones (excluding diaryl/α,β-unsaturated/α-hetero) is 1. The third kappa shape index (κ3) is 2.90. The van der Waals surface area contributed by atoms with Crippen LogP contribution in [0.5, 0.6) is 0 Å². The first-order valence-electron chi connectivity index (χ1n) is 4.64. The molecule has 0 saturated heterocycles. The molecule has 0 radical (unpaired) electrons. The molecule has 1 aromatic rings. The molecule has 0 aliphatic heterocycles. The van der Waals surface area contributed by atoms with Gasteiger partial charge in [-0.3, -0.25) is 4.79 Å². The molecule has 0 aliphatic rings. The third-order valence-electron chi connectivity index (χ3n) is 2.13. The number of hydrogen-bond acceptors (Lipinski definition) is 3.